The first-order chi connectivity index (χ1) is 26.6. The number of benzene rings is 4. The Hall–Kier alpha value is -5.95. The van der Waals surface area contributed by atoms with Crippen LogP contribution in [-0.2, 0) is 0 Å². The molecule has 286 valence electrons. The van der Waals surface area contributed by atoms with Crippen LogP contribution in [0.2, 0.25) is 5.02 Å². The van der Waals surface area contributed by atoms with Crippen LogP contribution in [0.3, 0.4) is 0 Å². The van der Waals surface area contributed by atoms with E-state index in [-0.39, 0.29) is 23.1 Å². The topological polar surface area (TPSA) is 135 Å². The van der Waals surface area contributed by atoms with Gasteiger partial charge in [-0.05, 0) is 112 Å². The molecule has 5 N–H and O–H groups in total. The quantitative estimate of drug-likeness (QED) is 0.104. The van der Waals surface area contributed by atoms with Gasteiger partial charge in [-0.25, -0.2) is 28.3 Å². The van der Waals surface area contributed by atoms with Crippen LogP contribution < -0.4 is 31.1 Å². The number of aromatic nitrogens is 2. The minimum Gasteiger partial charge on any atom is -0.506 e. The summed E-state index contributed by atoms with van der Waals surface area (Å²) in [6, 6.07) is 22.0. The second kappa shape index (κ2) is 18.4. The molecule has 0 unspecified atom stereocenters. The maximum absolute atomic E-state index is 14.6. The van der Waals surface area contributed by atoms with E-state index in [0.717, 1.165) is 63.1 Å². The van der Waals surface area contributed by atoms with Crippen LogP contribution >= 0.6 is 11.6 Å². The molecule has 1 aromatic heterocycles. The number of hydrogen-bond acceptors (Lipinski definition) is 7. The SMILES string of the molecule is Cc1nccc(-c2cccc(NC(=O)Nc3ccc(N4CCCCC4)c(F)c3)c2)n1.O=C(Nc1ccc(N2CCCCC2)c(F)c1)Nc1ccc(Cl)cc1O. The van der Waals surface area contributed by atoms with E-state index in [4.69, 9.17) is 11.6 Å². The molecule has 4 aromatic carbocycles. The van der Waals surface area contributed by atoms with Crippen LogP contribution in [0.4, 0.5) is 52.5 Å². The van der Waals surface area contributed by atoms with E-state index in [1.807, 2.05) is 36.1 Å². The number of aryl methyl sites for hydroxylation is 1. The molecule has 0 saturated carbocycles. The maximum Gasteiger partial charge on any atom is 0.323 e. The smallest absolute Gasteiger partial charge is 0.323 e. The number of rotatable bonds is 7. The van der Waals surface area contributed by atoms with E-state index in [1.165, 1.54) is 37.1 Å². The molecule has 3 heterocycles. The van der Waals surface area contributed by atoms with Crippen molar-refractivity contribution in [3.05, 3.63) is 114 Å². The zero-order valence-corrected chi connectivity index (χ0v) is 31.2. The monoisotopic (exact) mass is 768 g/mol. The molecule has 2 aliphatic rings. The molecule has 4 amide bonds. The van der Waals surface area contributed by atoms with E-state index in [9.17, 15) is 23.5 Å². The Morgan fingerprint density at radius 3 is 1.75 bits per heavy atom. The number of nitrogens with one attached hydrogen (secondary N) is 4. The summed E-state index contributed by atoms with van der Waals surface area (Å²) in [5, 5.41) is 20.6. The van der Waals surface area contributed by atoms with Crippen LogP contribution in [0.15, 0.2) is 91.1 Å². The normalized spacial score (nSPS) is 14.0. The standard InChI is InChI=1S/C23H24FN5O.C18H19ClFN3O2/c1-16-25-11-10-21(26-16)17-6-5-7-18(14-17)27-23(30)28-19-8-9-22(20(24)15-19)29-12-3-2-4-13-29;19-12-4-6-15(17(24)10-12)22-18(25)21-13-5-7-16(14(20)11-13)23-8-2-1-3-9-23/h5-11,14-15H,2-4,12-13H2,1H3,(H2,27,28,30);4-7,10-11,24H,1-3,8-9H2,(H2,21,22,25). The average molecular weight is 769 g/mol. The van der Waals surface area contributed by atoms with Crippen LogP contribution in [0, 0.1) is 18.6 Å². The lowest BCUT2D eigenvalue weighted by molar-refractivity contribution is 0.261. The third-order valence-electron chi connectivity index (χ3n) is 9.20. The summed E-state index contributed by atoms with van der Waals surface area (Å²) < 4.78 is 28.9. The van der Waals surface area contributed by atoms with E-state index in [0.29, 0.717) is 39.3 Å². The molecule has 0 spiro atoms. The third-order valence-corrected chi connectivity index (χ3v) is 9.44. The highest BCUT2D eigenvalue weighted by Gasteiger charge is 2.17. The van der Waals surface area contributed by atoms with Gasteiger partial charge in [0.2, 0.25) is 0 Å². The molecule has 2 aliphatic heterocycles. The molecule has 2 saturated heterocycles. The average Bonchev–Trinajstić information content (AvgIpc) is 3.17. The lowest BCUT2D eigenvalue weighted by Crippen LogP contribution is -2.30. The molecule has 7 rings (SSSR count). The van der Waals surface area contributed by atoms with Gasteiger partial charge in [0.15, 0.2) is 0 Å². The highest BCUT2D eigenvalue weighted by molar-refractivity contribution is 6.30. The number of hydrogen-bond donors (Lipinski definition) is 5. The molecule has 14 heteroatoms. The lowest BCUT2D eigenvalue weighted by atomic mass is 10.1. The van der Waals surface area contributed by atoms with Gasteiger partial charge in [-0.1, -0.05) is 23.7 Å². The number of aromatic hydroxyl groups is 1. The summed E-state index contributed by atoms with van der Waals surface area (Å²) in [5.74, 6) is -0.155. The number of nitrogens with zero attached hydrogens (tertiary/aromatic N) is 4. The van der Waals surface area contributed by atoms with Gasteiger partial charge in [0.05, 0.1) is 22.8 Å². The Bertz CT molecular complexity index is 2130. The number of phenols is 1. The minimum absolute atomic E-state index is 0.144. The molecule has 2 fully saturated rings. The lowest BCUT2D eigenvalue weighted by Gasteiger charge is -2.29. The zero-order valence-electron chi connectivity index (χ0n) is 30.4. The number of phenolic OH excluding ortho intramolecular Hbond substituents is 1. The molecule has 5 aromatic rings. The van der Waals surface area contributed by atoms with Gasteiger partial charge >= 0.3 is 12.1 Å². The van der Waals surface area contributed by atoms with Gasteiger partial charge < -0.3 is 36.2 Å². The highest BCUT2D eigenvalue weighted by atomic mass is 35.5. The number of halogens is 3. The summed E-state index contributed by atoms with van der Waals surface area (Å²) in [6.45, 7) is 5.26. The first-order valence-electron chi connectivity index (χ1n) is 18.2. The van der Waals surface area contributed by atoms with Crippen LogP contribution in [0.5, 0.6) is 5.75 Å². The zero-order chi connectivity index (χ0) is 38.7. The first-order valence-corrected chi connectivity index (χ1v) is 18.6. The van der Waals surface area contributed by atoms with Gasteiger partial charge in [0.25, 0.3) is 0 Å². The van der Waals surface area contributed by atoms with Crippen LogP contribution in [-0.4, -0.2) is 53.3 Å². The summed E-state index contributed by atoms with van der Waals surface area (Å²) in [5.41, 5.74) is 4.38. The fourth-order valence-corrected chi connectivity index (χ4v) is 6.68. The Morgan fingerprint density at radius 2 is 1.22 bits per heavy atom. The van der Waals surface area contributed by atoms with E-state index < -0.39 is 12.1 Å². The number of amides is 4. The maximum atomic E-state index is 14.6. The van der Waals surface area contributed by atoms with E-state index in [2.05, 4.69) is 36.1 Å². The molecule has 0 atom stereocenters. The number of anilines is 6. The van der Waals surface area contributed by atoms with Crippen molar-refractivity contribution in [2.45, 2.75) is 45.4 Å². The second-order valence-electron chi connectivity index (χ2n) is 13.3. The third kappa shape index (κ3) is 10.8. The highest BCUT2D eigenvalue weighted by Crippen LogP contribution is 2.29. The molecule has 11 nitrogen and oxygen atoms in total. The van der Waals surface area contributed by atoms with Crippen LogP contribution in [0.25, 0.3) is 11.3 Å². The van der Waals surface area contributed by atoms with Crippen molar-refractivity contribution >= 4 is 57.8 Å². The summed E-state index contributed by atoms with van der Waals surface area (Å²) in [7, 11) is 0. The molecule has 0 radical (unpaired) electrons. The number of piperidine rings is 2. The van der Waals surface area contributed by atoms with Gasteiger partial charge in [0.1, 0.15) is 23.2 Å². The van der Waals surface area contributed by atoms with Crippen LogP contribution in [0.1, 0.15) is 44.3 Å². The van der Waals surface area contributed by atoms with Crippen molar-refractivity contribution in [2.24, 2.45) is 0 Å². The van der Waals surface area contributed by atoms with Crippen molar-refractivity contribution in [1.82, 2.24) is 9.97 Å². The summed E-state index contributed by atoms with van der Waals surface area (Å²) in [6.07, 6.45) is 8.35. The Kier molecular flexibility index (Phi) is 13.0. The van der Waals surface area contributed by atoms with Gasteiger partial charge in [-0.15, -0.1) is 0 Å². The van der Waals surface area contributed by atoms with Crippen molar-refractivity contribution < 1.29 is 23.5 Å². The van der Waals surface area contributed by atoms with Gasteiger partial charge in [-0.2, -0.15) is 0 Å². The van der Waals surface area contributed by atoms with Gasteiger partial charge in [0, 0.05) is 66.1 Å². The Balaban J connectivity index is 0.000000190. The summed E-state index contributed by atoms with van der Waals surface area (Å²) >= 11 is 5.75. The van der Waals surface area contributed by atoms with Crippen molar-refractivity contribution in [2.75, 3.05) is 57.2 Å². The van der Waals surface area contributed by atoms with E-state index >= 15 is 0 Å². The van der Waals surface area contributed by atoms with Crippen molar-refractivity contribution in [3.8, 4) is 17.0 Å². The molecular weight excluding hydrogens is 726 g/mol. The molecule has 0 aliphatic carbocycles. The fourth-order valence-electron chi connectivity index (χ4n) is 6.51. The largest absolute Gasteiger partial charge is 0.506 e. The molecule has 55 heavy (non-hydrogen) atoms. The first kappa shape index (κ1) is 38.8. The number of carbonyl (C=O) groups is 2. The Labute approximate surface area is 323 Å². The fraction of sp³-hybridized carbons (Fsp3) is 0.268. The number of urea groups is 2. The predicted octanol–water partition coefficient (Wildman–Crippen LogP) is 10.0. The molecule has 0 bridgehead atoms. The van der Waals surface area contributed by atoms with Gasteiger partial charge in [-0.3, -0.25) is 0 Å². The Morgan fingerprint density at radius 1 is 0.673 bits per heavy atom. The second-order valence-corrected chi connectivity index (χ2v) is 13.8. The minimum atomic E-state index is -0.581. The van der Waals surface area contributed by atoms with Crippen molar-refractivity contribution in [3.63, 3.8) is 0 Å². The van der Waals surface area contributed by atoms with Crippen molar-refractivity contribution in [1.29, 1.82) is 0 Å². The molecular formula is C41H43ClF2N8O3. The predicted molar refractivity (Wildman–Crippen MR) is 216 cm³/mol. The summed E-state index contributed by atoms with van der Waals surface area (Å²) in [4.78, 5) is 37.0. The number of carbonyl (C=O) groups excluding carboxylic acids is 2. The van der Waals surface area contributed by atoms with E-state index in [1.54, 1.807) is 42.6 Å².